The molecule has 0 bridgehead atoms. The number of hydrogen-bond acceptors (Lipinski definition) is 10. The van der Waals surface area contributed by atoms with Gasteiger partial charge in [-0.1, -0.05) is 71.9 Å². The number of halogens is 2. The summed E-state index contributed by atoms with van der Waals surface area (Å²) in [7, 11) is 7.44. The van der Waals surface area contributed by atoms with Crippen LogP contribution in [-0.2, 0) is 86.4 Å². The molecule has 1 saturated heterocycles. The van der Waals surface area contributed by atoms with Crippen LogP contribution in [-0.4, -0.2) is 112 Å². The van der Waals surface area contributed by atoms with E-state index in [0.29, 0.717) is 38.3 Å². The van der Waals surface area contributed by atoms with E-state index in [-0.39, 0.29) is 87.7 Å². The van der Waals surface area contributed by atoms with Gasteiger partial charge in [-0.25, -0.2) is 0 Å². The van der Waals surface area contributed by atoms with Crippen LogP contribution in [0.1, 0.15) is 128 Å². The van der Waals surface area contributed by atoms with E-state index < -0.39 is 5.41 Å². The van der Waals surface area contributed by atoms with Gasteiger partial charge in [-0.3, -0.25) is 23.6 Å². The van der Waals surface area contributed by atoms with Crippen molar-refractivity contribution < 1.29 is 69.0 Å². The summed E-state index contributed by atoms with van der Waals surface area (Å²) in [5.74, 6) is 3.76. The zero-order valence-electron chi connectivity index (χ0n) is 50.1. The molecule has 2 amide bonds. The molecule has 2 unspecified atom stereocenters. The number of rotatable bonds is 13. The molecule has 440 valence electrons. The largest absolute Gasteiger partial charge is 0.454 e. The zero-order chi connectivity index (χ0) is 57.5. The molecule has 80 heavy (non-hydrogen) atoms. The minimum atomic E-state index is -0.405. The van der Waals surface area contributed by atoms with Gasteiger partial charge in [0.2, 0.25) is 25.4 Å². The number of anilines is 1. The maximum absolute atomic E-state index is 13.5. The molecule has 1 N–H and O–H groups in total. The number of fused-ring (bicyclic) bond motifs is 4. The van der Waals surface area contributed by atoms with Gasteiger partial charge in [-0.05, 0) is 133 Å². The normalized spacial score (nSPS) is 17.9. The number of ether oxygens (including phenoxy) is 5. The first-order valence-electron chi connectivity index (χ1n) is 27.8. The van der Waals surface area contributed by atoms with Crippen LogP contribution < -0.4 is 24.3 Å². The number of carbonyl (C=O) groups is 4. The first kappa shape index (κ1) is 63.7. The van der Waals surface area contributed by atoms with Gasteiger partial charge >= 0.3 is 0 Å². The SMILES string of the molecule is CC(C)(C)C1Cc2cc(CC(=O)C3(c4ccc5c(c4)OCO5)CC3)ccc2N1.CF.CN(C)C(=O)CCCn1c(C(C)(C)C)cc2cc(CC(=O)C3(c4ccc5c(c4)OCO5)CC3)ccc21.CN(C)C(=O)CCl.[2H]C1CCCO1.[CH3-].[Pd]. The van der Waals surface area contributed by atoms with Crippen LogP contribution in [0.3, 0.4) is 0 Å². The number of nitrogens with one attached hydrogen (secondary N) is 1. The van der Waals surface area contributed by atoms with E-state index in [1.54, 1.807) is 33.1 Å². The number of carbonyl (C=O) groups excluding carboxylic acids is 4. The zero-order valence-corrected chi connectivity index (χ0v) is 51.4. The van der Waals surface area contributed by atoms with Gasteiger partial charge in [0.1, 0.15) is 17.4 Å². The van der Waals surface area contributed by atoms with Crippen molar-refractivity contribution in [3.05, 3.63) is 120 Å². The van der Waals surface area contributed by atoms with Gasteiger partial charge in [-0.15, -0.1) is 11.6 Å². The van der Waals surface area contributed by atoms with Crippen molar-refractivity contribution in [2.45, 2.75) is 141 Å². The average molecular weight is 1220 g/mol. The van der Waals surface area contributed by atoms with E-state index in [4.69, 9.17) is 36.7 Å². The summed E-state index contributed by atoms with van der Waals surface area (Å²) in [6.45, 7) is 15.3. The fourth-order valence-electron chi connectivity index (χ4n) is 10.3. The number of aromatic nitrogens is 1. The molecule has 0 spiro atoms. The van der Waals surface area contributed by atoms with Crippen LogP contribution >= 0.6 is 11.6 Å². The Balaban J connectivity index is 0.000000236. The molecule has 5 heterocycles. The van der Waals surface area contributed by atoms with Crippen LogP contribution in [0.15, 0.2) is 78.9 Å². The molecule has 3 fully saturated rings. The molecular weight excluding hydrogens is 1130 g/mol. The van der Waals surface area contributed by atoms with Crippen LogP contribution in [0.25, 0.3) is 10.9 Å². The molecule has 4 aliphatic heterocycles. The minimum Gasteiger partial charge on any atom is -0.454 e. The molecule has 11 rings (SSSR count). The number of alkyl halides is 2. The number of amides is 2. The van der Waals surface area contributed by atoms with E-state index in [0.717, 1.165) is 121 Å². The average Bonchev–Trinajstić information content (AvgIpc) is 4.04. The maximum Gasteiger partial charge on any atom is 0.236 e. The second-order valence-corrected chi connectivity index (χ2v) is 23.8. The molecule has 2 saturated carbocycles. The number of benzene rings is 4. The van der Waals surface area contributed by atoms with Crippen molar-refractivity contribution in [3.8, 4) is 23.0 Å². The molecular formula is C64H85ClFN4O9Pd-. The summed E-state index contributed by atoms with van der Waals surface area (Å²) in [5.41, 5.74) is 8.65. The topological polar surface area (TPSA) is 138 Å². The van der Waals surface area contributed by atoms with Gasteiger partial charge in [0, 0.05) is 121 Å². The Morgan fingerprint density at radius 1 is 0.713 bits per heavy atom. The standard InChI is InChI=1S/C30H36N2O4.C24H27NO3.C4H8ClNO.C4H8O.CH3F.CH3.Pd/c1-29(2,3)26-17-21-15-20(8-10-23(21)32(26)14-6-7-28(34)31(4)5)16-27(33)30(12-13-30)22-9-11-24-25(18-22)36-19-35-24;1-23(2,3)21-12-16-10-15(4-6-18(16)25-21)11-22(26)24(8-9-24)17-5-7-19-20(13-17)28-14-27-19;1-6(2)4(7)3-5;1-2-4-5-3-1;1-2;;/h8-11,15,17-18H,6-7,12-14,16,19H2,1-5H3;4-7,10,13,21,25H,8-9,11-12,14H2,1-3H3;3H2,1-2H3;1-4H2;1H3;1H3;/q;;;;;-1;/i;;;3D;;;. The smallest absolute Gasteiger partial charge is 0.236 e. The van der Waals surface area contributed by atoms with E-state index in [1.807, 2.05) is 36.4 Å². The Hall–Kier alpha value is -5.46. The molecule has 5 aromatic rings. The van der Waals surface area contributed by atoms with Crippen molar-refractivity contribution in [1.29, 1.82) is 0 Å². The minimum absolute atomic E-state index is 0. The Labute approximate surface area is 495 Å². The summed E-state index contributed by atoms with van der Waals surface area (Å²) in [5, 5.41) is 4.79. The second-order valence-electron chi connectivity index (χ2n) is 23.6. The number of aryl methyl sites for hydroxylation is 1. The van der Waals surface area contributed by atoms with Gasteiger partial charge in [-0.2, -0.15) is 0 Å². The molecule has 2 aliphatic carbocycles. The van der Waals surface area contributed by atoms with Crippen LogP contribution in [0.5, 0.6) is 23.0 Å². The summed E-state index contributed by atoms with van der Waals surface area (Å²) >= 11 is 5.16. The monoisotopic (exact) mass is 1210 g/mol. The molecule has 16 heteroatoms. The Morgan fingerprint density at radius 2 is 1.24 bits per heavy atom. The summed E-state index contributed by atoms with van der Waals surface area (Å²) in [4.78, 5) is 52.2. The number of hydrogen-bond donors (Lipinski definition) is 1. The predicted molar refractivity (Wildman–Crippen MR) is 313 cm³/mol. The predicted octanol–water partition coefficient (Wildman–Crippen LogP) is 12.2. The fraction of sp³-hybridized carbons (Fsp3) is 0.516. The Morgan fingerprint density at radius 3 is 1.68 bits per heavy atom. The summed E-state index contributed by atoms with van der Waals surface area (Å²) in [6.07, 6.45) is 8.86. The van der Waals surface area contributed by atoms with E-state index >= 15 is 0 Å². The first-order valence-corrected chi connectivity index (χ1v) is 27.8. The molecule has 13 nitrogen and oxygen atoms in total. The first-order chi connectivity index (χ1) is 37.5. The third kappa shape index (κ3) is 15.7. The van der Waals surface area contributed by atoms with Crippen molar-refractivity contribution in [1.82, 2.24) is 14.4 Å². The van der Waals surface area contributed by atoms with E-state index in [2.05, 4.69) is 93.9 Å². The van der Waals surface area contributed by atoms with E-state index in [9.17, 15) is 23.6 Å². The van der Waals surface area contributed by atoms with E-state index in [1.165, 1.54) is 21.8 Å². The van der Waals surface area contributed by atoms with Crippen molar-refractivity contribution >= 4 is 51.6 Å². The van der Waals surface area contributed by atoms with Crippen LogP contribution in [0.2, 0.25) is 0 Å². The third-order valence-electron chi connectivity index (χ3n) is 15.4. The molecule has 1 aromatic heterocycles. The maximum atomic E-state index is 13.5. The van der Waals surface area contributed by atoms with Crippen molar-refractivity contribution in [2.75, 3.05) is 73.3 Å². The summed E-state index contributed by atoms with van der Waals surface area (Å²) < 4.78 is 45.5. The number of nitrogens with zero attached hydrogens (tertiary/aromatic N) is 3. The van der Waals surface area contributed by atoms with Crippen LogP contribution in [0, 0.1) is 12.8 Å². The quantitative estimate of drug-likeness (QED) is 0.0689. The second kappa shape index (κ2) is 28.0. The number of ketones is 2. The van der Waals surface area contributed by atoms with Crippen molar-refractivity contribution in [2.24, 2.45) is 5.41 Å². The van der Waals surface area contributed by atoms with Gasteiger partial charge in [0.05, 0.1) is 19.4 Å². The van der Waals surface area contributed by atoms with Gasteiger partial charge in [0.15, 0.2) is 23.0 Å². The van der Waals surface area contributed by atoms with Gasteiger partial charge in [0.25, 0.3) is 0 Å². The fourth-order valence-corrected chi connectivity index (χ4v) is 10.5. The molecule has 4 aromatic carbocycles. The molecule has 2 atom stereocenters. The number of Topliss-reactive ketones (excluding diaryl/α,β-unsaturated/α-hetero) is 2. The molecule has 6 aliphatic rings. The Kier molecular flexibility index (Phi) is 22.3. The van der Waals surface area contributed by atoms with Crippen LogP contribution in [0.4, 0.5) is 10.1 Å². The molecule has 0 radical (unpaired) electrons. The summed E-state index contributed by atoms with van der Waals surface area (Å²) in [6, 6.07) is 27.4. The van der Waals surface area contributed by atoms with Gasteiger partial charge < -0.3 is 50.8 Å². The Bertz CT molecular complexity index is 2970. The van der Waals surface area contributed by atoms with Crippen molar-refractivity contribution in [3.63, 3.8) is 0 Å². The third-order valence-corrected chi connectivity index (χ3v) is 15.7.